The van der Waals surface area contributed by atoms with E-state index in [1.54, 1.807) is 18.2 Å². The summed E-state index contributed by atoms with van der Waals surface area (Å²) in [5.74, 6) is -1.29. The molecule has 0 radical (unpaired) electrons. The number of benzene rings is 1. The number of esters is 1. The first-order valence-electron chi connectivity index (χ1n) is 5.48. The minimum atomic E-state index is -0.768. The van der Waals surface area contributed by atoms with Crippen LogP contribution in [0, 0.1) is 5.82 Å². The van der Waals surface area contributed by atoms with E-state index in [2.05, 4.69) is 10.1 Å². The van der Waals surface area contributed by atoms with Crippen molar-refractivity contribution >= 4 is 17.6 Å². The van der Waals surface area contributed by atoms with Gasteiger partial charge in [0.25, 0.3) is 0 Å². The standard InChI is InChI=1S/C12H13FN2O3/c1-18-12(17)9-6-15(7-11(16)14-9)10-5-3-2-4-8(10)13/h2-5,9H,6-7H2,1H3,(H,14,16). The van der Waals surface area contributed by atoms with Crippen LogP contribution in [0.5, 0.6) is 0 Å². The SMILES string of the molecule is COC(=O)C1CN(c2ccccc2F)CC(=O)N1. The summed E-state index contributed by atoms with van der Waals surface area (Å²) in [5, 5.41) is 2.51. The molecule has 1 aromatic rings. The number of hydrogen-bond acceptors (Lipinski definition) is 4. The van der Waals surface area contributed by atoms with E-state index in [4.69, 9.17) is 0 Å². The number of carbonyl (C=O) groups excluding carboxylic acids is 2. The van der Waals surface area contributed by atoms with E-state index < -0.39 is 17.8 Å². The second-order valence-electron chi connectivity index (χ2n) is 3.98. The maximum atomic E-state index is 13.6. The van der Waals surface area contributed by atoms with Crippen molar-refractivity contribution < 1.29 is 18.7 Å². The molecule has 96 valence electrons. The number of methoxy groups -OCH3 is 1. The second kappa shape index (κ2) is 5.03. The van der Waals surface area contributed by atoms with E-state index in [0.29, 0.717) is 5.69 Å². The highest BCUT2D eigenvalue weighted by Crippen LogP contribution is 2.20. The van der Waals surface area contributed by atoms with Crippen molar-refractivity contribution in [2.45, 2.75) is 6.04 Å². The lowest BCUT2D eigenvalue weighted by Gasteiger charge is -2.33. The Kier molecular flexibility index (Phi) is 3.45. The molecule has 1 atom stereocenters. The molecule has 0 bridgehead atoms. The van der Waals surface area contributed by atoms with Gasteiger partial charge in [-0.3, -0.25) is 4.79 Å². The Bertz CT molecular complexity index is 478. The van der Waals surface area contributed by atoms with E-state index in [1.807, 2.05) is 0 Å². The van der Waals surface area contributed by atoms with Crippen LogP contribution in [0.25, 0.3) is 0 Å². The summed E-state index contributed by atoms with van der Waals surface area (Å²) in [4.78, 5) is 24.4. The Balaban J connectivity index is 2.21. The molecule has 0 aromatic heterocycles. The molecule has 0 saturated carbocycles. The molecule has 5 nitrogen and oxygen atoms in total. The van der Waals surface area contributed by atoms with Crippen LogP contribution in [0.4, 0.5) is 10.1 Å². The predicted octanol–water partition coefficient (Wildman–Crippen LogP) is 0.303. The van der Waals surface area contributed by atoms with Gasteiger partial charge in [-0.05, 0) is 12.1 Å². The number of anilines is 1. The highest BCUT2D eigenvalue weighted by Gasteiger charge is 2.31. The summed E-state index contributed by atoms with van der Waals surface area (Å²) in [6.45, 7) is 0.216. The van der Waals surface area contributed by atoms with Crippen molar-refractivity contribution in [2.24, 2.45) is 0 Å². The molecule has 2 rings (SSSR count). The number of rotatable bonds is 2. The molecule has 0 spiro atoms. The zero-order valence-corrected chi connectivity index (χ0v) is 9.85. The highest BCUT2D eigenvalue weighted by molar-refractivity contribution is 5.89. The zero-order valence-electron chi connectivity index (χ0n) is 9.85. The first-order valence-corrected chi connectivity index (χ1v) is 5.48. The minimum absolute atomic E-state index is 0.0222. The van der Waals surface area contributed by atoms with Crippen molar-refractivity contribution in [3.8, 4) is 0 Å². The first kappa shape index (κ1) is 12.3. The van der Waals surface area contributed by atoms with Gasteiger partial charge in [-0.25, -0.2) is 9.18 Å². The van der Waals surface area contributed by atoms with Crippen molar-refractivity contribution in [1.82, 2.24) is 5.32 Å². The molecular weight excluding hydrogens is 239 g/mol. The smallest absolute Gasteiger partial charge is 0.330 e. The number of halogens is 1. The normalized spacial score (nSPS) is 19.3. The zero-order chi connectivity index (χ0) is 13.1. The lowest BCUT2D eigenvalue weighted by Crippen LogP contribution is -2.57. The average Bonchev–Trinajstić information content (AvgIpc) is 2.37. The predicted molar refractivity (Wildman–Crippen MR) is 62.6 cm³/mol. The van der Waals surface area contributed by atoms with Gasteiger partial charge in [0, 0.05) is 6.54 Å². The van der Waals surface area contributed by atoms with E-state index in [-0.39, 0.29) is 19.0 Å². The van der Waals surface area contributed by atoms with Gasteiger partial charge in [0.05, 0.1) is 19.3 Å². The van der Waals surface area contributed by atoms with E-state index in [9.17, 15) is 14.0 Å². The number of nitrogens with zero attached hydrogens (tertiary/aromatic N) is 1. The molecule has 1 amide bonds. The number of ether oxygens (including phenoxy) is 1. The summed E-state index contributed by atoms with van der Waals surface area (Å²) >= 11 is 0. The number of nitrogens with one attached hydrogen (secondary N) is 1. The molecule has 1 saturated heterocycles. The van der Waals surface area contributed by atoms with Crippen molar-refractivity contribution in [1.29, 1.82) is 0 Å². The molecule has 1 aliphatic heterocycles. The number of carbonyl (C=O) groups is 2. The van der Waals surface area contributed by atoms with E-state index in [0.717, 1.165) is 0 Å². The summed E-state index contributed by atoms with van der Waals surface area (Å²) in [6.07, 6.45) is 0. The third kappa shape index (κ3) is 2.42. The molecular formula is C12H13FN2O3. The van der Waals surface area contributed by atoms with Crippen LogP contribution in [0.2, 0.25) is 0 Å². The Labute approximate surface area is 104 Å². The second-order valence-corrected chi connectivity index (χ2v) is 3.98. The fourth-order valence-corrected chi connectivity index (χ4v) is 1.91. The van der Waals surface area contributed by atoms with E-state index >= 15 is 0 Å². The van der Waals surface area contributed by atoms with Gasteiger partial charge in [0.2, 0.25) is 5.91 Å². The molecule has 1 aromatic carbocycles. The molecule has 0 aliphatic carbocycles. The molecule has 1 N–H and O–H groups in total. The topological polar surface area (TPSA) is 58.6 Å². The molecule has 1 fully saturated rings. The largest absolute Gasteiger partial charge is 0.467 e. The maximum Gasteiger partial charge on any atom is 0.330 e. The number of hydrogen-bond donors (Lipinski definition) is 1. The van der Waals surface area contributed by atoms with Gasteiger partial charge in [0.1, 0.15) is 11.9 Å². The molecule has 1 aliphatic rings. The fraction of sp³-hybridized carbons (Fsp3) is 0.333. The van der Waals surface area contributed by atoms with Gasteiger partial charge in [0.15, 0.2) is 0 Å². The Morgan fingerprint density at radius 1 is 1.50 bits per heavy atom. The van der Waals surface area contributed by atoms with Crippen LogP contribution in [-0.2, 0) is 14.3 Å². The first-order chi connectivity index (χ1) is 8.61. The Morgan fingerprint density at radius 3 is 2.89 bits per heavy atom. The number of piperazine rings is 1. The quantitative estimate of drug-likeness (QED) is 0.769. The lowest BCUT2D eigenvalue weighted by atomic mass is 10.1. The van der Waals surface area contributed by atoms with Gasteiger partial charge in [-0.15, -0.1) is 0 Å². The summed E-state index contributed by atoms with van der Waals surface area (Å²) in [5.41, 5.74) is 0.307. The Morgan fingerprint density at radius 2 is 2.22 bits per heavy atom. The number of amides is 1. The molecule has 1 heterocycles. The minimum Gasteiger partial charge on any atom is -0.467 e. The van der Waals surface area contributed by atoms with Crippen LogP contribution in [-0.4, -0.2) is 38.1 Å². The van der Waals surface area contributed by atoms with Crippen LogP contribution >= 0.6 is 0 Å². The monoisotopic (exact) mass is 252 g/mol. The van der Waals surface area contributed by atoms with Gasteiger partial charge in [-0.1, -0.05) is 12.1 Å². The van der Waals surface area contributed by atoms with Crippen LogP contribution in [0.15, 0.2) is 24.3 Å². The van der Waals surface area contributed by atoms with Crippen molar-refractivity contribution in [3.05, 3.63) is 30.1 Å². The van der Waals surface area contributed by atoms with Crippen LogP contribution in [0.1, 0.15) is 0 Å². The van der Waals surface area contributed by atoms with Crippen LogP contribution in [0.3, 0.4) is 0 Å². The lowest BCUT2D eigenvalue weighted by molar-refractivity contribution is -0.145. The highest BCUT2D eigenvalue weighted by atomic mass is 19.1. The Hall–Kier alpha value is -2.11. The third-order valence-corrected chi connectivity index (χ3v) is 2.75. The summed E-state index contributed by atoms with van der Waals surface area (Å²) in [7, 11) is 1.25. The van der Waals surface area contributed by atoms with Gasteiger partial charge < -0.3 is 15.0 Å². The van der Waals surface area contributed by atoms with Gasteiger partial charge >= 0.3 is 5.97 Å². The van der Waals surface area contributed by atoms with Crippen molar-refractivity contribution in [3.63, 3.8) is 0 Å². The number of para-hydroxylation sites is 1. The van der Waals surface area contributed by atoms with Crippen molar-refractivity contribution in [2.75, 3.05) is 25.1 Å². The molecule has 18 heavy (non-hydrogen) atoms. The summed E-state index contributed by atoms with van der Waals surface area (Å²) < 4.78 is 18.2. The average molecular weight is 252 g/mol. The molecule has 1 unspecified atom stereocenters. The fourth-order valence-electron chi connectivity index (χ4n) is 1.91. The third-order valence-electron chi connectivity index (χ3n) is 2.75. The summed E-state index contributed by atoms with van der Waals surface area (Å²) in [6, 6.07) is 5.37. The van der Waals surface area contributed by atoms with Crippen LogP contribution < -0.4 is 10.2 Å². The molecule has 6 heteroatoms. The van der Waals surface area contributed by atoms with E-state index in [1.165, 1.54) is 18.1 Å². The maximum absolute atomic E-state index is 13.6. The van der Waals surface area contributed by atoms with Gasteiger partial charge in [-0.2, -0.15) is 0 Å².